The van der Waals surface area contributed by atoms with E-state index in [1.54, 1.807) is 4.90 Å². The minimum Gasteiger partial charge on any atom is -0.469 e. The molecule has 1 fully saturated rings. The lowest BCUT2D eigenvalue weighted by atomic mass is 10.3. The summed E-state index contributed by atoms with van der Waals surface area (Å²) in [7, 11) is 1.40. The molecule has 1 amide bonds. The summed E-state index contributed by atoms with van der Waals surface area (Å²) >= 11 is 0. The number of methoxy groups -OCH3 is 1. The maximum Gasteiger partial charge on any atom is 0.306 e. The van der Waals surface area contributed by atoms with Gasteiger partial charge in [0.05, 0.1) is 13.5 Å². The normalized spacial score (nSPS) is 17.9. The molecular formula is C9H16N2O3. The van der Waals surface area contributed by atoms with E-state index in [0.29, 0.717) is 6.42 Å². The number of carbonyl (C=O) groups excluding carboxylic acids is 2. The fourth-order valence-corrected chi connectivity index (χ4v) is 1.44. The Morgan fingerprint density at radius 1 is 1.36 bits per heavy atom. The molecule has 0 aromatic rings. The van der Waals surface area contributed by atoms with Crippen LogP contribution in [0.3, 0.4) is 0 Å². The maximum atomic E-state index is 10.9. The van der Waals surface area contributed by atoms with Crippen molar-refractivity contribution >= 4 is 12.4 Å². The van der Waals surface area contributed by atoms with Gasteiger partial charge in [0.15, 0.2) is 0 Å². The van der Waals surface area contributed by atoms with Crippen LogP contribution < -0.4 is 0 Å². The number of piperazine rings is 1. The van der Waals surface area contributed by atoms with Crippen LogP contribution in [0.4, 0.5) is 0 Å². The molecule has 1 heterocycles. The Hall–Kier alpha value is -1.10. The highest BCUT2D eigenvalue weighted by Crippen LogP contribution is 2.00. The van der Waals surface area contributed by atoms with Gasteiger partial charge in [0.25, 0.3) is 0 Å². The number of esters is 1. The molecule has 80 valence electrons. The van der Waals surface area contributed by atoms with Crippen LogP contribution in [0.2, 0.25) is 0 Å². The quantitative estimate of drug-likeness (QED) is 0.446. The molecule has 0 saturated carbocycles. The second-order valence-electron chi connectivity index (χ2n) is 3.31. The van der Waals surface area contributed by atoms with E-state index >= 15 is 0 Å². The molecule has 1 saturated heterocycles. The molecule has 1 rings (SSSR count). The Morgan fingerprint density at radius 3 is 2.50 bits per heavy atom. The average molecular weight is 200 g/mol. The van der Waals surface area contributed by atoms with Crippen molar-refractivity contribution in [3.05, 3.63) is 0 Å². The molecule has 1 aliphatic heterocycles. The number of nitrogens with zero attached hydrogens (tertiary/aromatic N) is 2. The molecule has 0 spiro atoms. The van der Waals surface area contributed by atoms with Crippen molar-refractivity contribution in [1.82, 2.24) is 9.80 Å². The van der Waals surface area contributed by atoms with E-state index in [-0.39, 0.29) is 5.97 Å². The second kappa shape index (κ2) is 5.59. The number of hydrogen-bond donors (Lipinski definition) is 0. The minimum atomic E-state index is -0.178. The van der Waals surface area contributed by atoms with Crippen molar-refractivity contribution in [2.45, 2.75) is 6.42 Å². The van der Waals surface area contributed by atoms with Gasteiger partial charge in [0.1, 0.15) is 0 Å². The van der Waals surface area contributed by atoms with Crippen molar-refractivity contribution in [2.24, 2.45) is 0 Å². The van der Waals surface area contributed by atoms with Gasteiger partial charge in [0, 0.05) is 32.7 Å². The predicted molar refractivity (Wildman–Crippen MR) is 50.7 cm³/mol. The smallest absolute Gasteiger partial charge is 0.306 e. The van der Waals surface area contributed by atoms with E-state index in [0.717, 1.165) is 39.1 Å². The van der Waals surface area contributed by atoms with Gasteiger partial charge < -0.3 is 9.64 Å². The molecule has 0 atom stereocenters. The highest BCUT2D eigenvalue weighted by molar-refractivity contribution is 5.69. The van der Waals surface area contributed by atoms with Crippen LogP contribution in [0.1, 0.15) is 6.42 Å². The summed E-state index contributed by atoms with van der Waals surface area (Å²) in [6.07, 6.45) is 1.30. The summed E-state index contributed by atoms with van der Waals surface area (Å²) < 4.78 is 4.55. The molecule has 1 aliphatic rings. The van der Waals surface area contributed by atoms with Gasteiger partial charge in [-0.3, -0.25) is 14.5 Å². The zero-order valence-corrected chi connectivity index (χ0v) is 8.44. The zero-order chi connectivity index (χ0) is 10.4. The van der Waals surface area contributed by atoms with Gasteiger partial charge in [-0.15, -0.1) is 0 Å². The molecule has 0 aromatic heterocycles. The van der Waals surface area contributed by atoms with Crippen molar-refractivity contribution in [2.75, 3.05) is 39.8 Å². The first-order valence-corrected chi connectivity index (χ1v) is 4.75. The SMILES string of the molecule is COC(=O)CCN1CCN(C=O)CC1. The first-order chi connectivity index (χ1) is 6.76. The van der Waals surface area contributed by atoms with E-state index in [2.05, 4.69) is 9.64 Å². The first kappa shape index (κ1) is 11.0. The van der Waals surface area contributed by atoms with Crippen LogP contribution >= 0.6 is 0 Å². The van der Waals surface area contributed by atoms with Crippen molar-refractivity contribution < 1.29 is 14.3 Å². The van der Waals surface area contributed by atoms with Crippen LogP contribution in [0.15, 0.2) is 0 Å². The predicted octanol–water partition coefficient (Wildman–Crippen LogP) is -0.676. The maximum absolute atomic E-state index is 10.9. The number of ether oxygens (including phenoxy) is 1. The number of rotatable bonds is 4. The third kappa shape index (κ3) is 3.33. The molecule has 0 unspecified atom stereocenters. The Bertz CT molecular complexity index is 200. The van der Waals surface area contributed by atoms with E-state index in [4.69, 9.17) is 0 Å². The van der Waals surface area contributed by atoms with E-state index in [9.17, 15) is 9.59 Å². The van der Waals surface area contributed by atoms with Gasteiger partial charge >= 0.3 is 5.97 Å². The summed E-state index contributed by atoms with van der Waals surface area (Å²) in [5, 5.41) is 0. The van der Waals surface area contributed by atoms with Crippen LogP contribution in [-0.4, -0.2) is 62.0 Å². The largest absolute Gasteiger partial charge is 0.469 e. The third-order valence-electron chi connectivity index (χ3n) is 2.42. The molecule has 0 aromatic carbocycles. The van der Waals surface area contributed by atoms with Crippen LogP contribution in [0.25, 0.3) is 0 Å². The lowest BCUT2D eigenvalue weighted by Gasteiger charge is -2.32. The van der Waals surface area contributed by atoms with Crippen molar-refractivity contribution in [3.63, 3.8) is 0 Å². The fraction of sp³-hybridized carbons (Fsp3) is 0.778. The summed E-state index contributed by atoms with van der Waals surface area (Å²) in [6, 6.07) is 0. The monoisotopic (exact) mass is 200 g/mol. The summed E-state index contributed by atoms with van der Waals surface area (Å²) in [6.45, 7) is 3.92. The number of amides is 1. The van der Waals surface area contributed by atoms with E-state index < -0.39 is 0 Å². The van der Waals surface area contributed by atoms with Gasteiger partial charge in [-0.25, -0.2) is 0 Å². The van der Waals surface area contributed by atoms with Crippen LogP contribution in [-0.2, 0) is 14.3 Å². The average Bonchev–Trinajstić information content (AvgIpc) is 2.26. The molecule has 0 bridgehead atoms. The molecule has 5 nitrogen and oxygen atoms in total. The number of carbonyl (C=O) groups is 2. The highest BCUT2D eigenvalue weighted by atomic mass is 16.5. The van der Waals surface area contributed by atoms with Crippen molar-refractivity contribution in [1.29, 1.82) is 0 Å². The minimum absolute atomic E-state index is 0.178. The molecule has 14 heavy (non-hydrogen) atoms. The fourth-order valence-electron chi connectivity index (χ4n) is 1.44. The zero-order valence-electron chi connectivity index (χ0n) is 8.44. The topological polar surface area (TPSA) is 49.9 Å². The van der Waals surface area contributed by atoms with Crippen LogP contribution in [0.5, 0.6) is 0 Å². The van der Waals surface area contributed by atoms with Gasteiger partial charge in [0.2, 0.25) is 6.41 Å². The molecular weight excluding hydrogens is 184 g/mol. The molecule has 0 aliphatic carbocycles. The van der Waals surface area contributed by atoms with Gasteiger partial charge in [-0.2, -0.15) is 0 Å². The lowest BCUT2D eigenvalue weighted by Crippen LogP contribution is -2.46. The Kier molecular flexibility index (Phi) is 4.39. The lowest BCUT2D eigenvalue weighted by molar-refractivity contribution is -0.141. The highest BCUT2D eigenvalue weighted by Gasteiger charge is 2.15. The van der Waals surface area contributed by atoms with E-state index in [1.165, 1.54) is 7.11 Å². The number of hydrogen-bond acceptors (Lipinski definition) is 4. The summed E-state index contributed by atoms with van der Waals surface area (Å²) in [5.41, 5.74) is 0. The van der Waals surface area contributed by atoms with E-state index in [1.807, 2.05) is 0 Å². The second-order valence-corrected chi connectivity index (χ2v) is 3.31. The molecule has 5 heteroatoms. The van der Waals surface area contributed by atoms with Gasteiger partial charge in [-0.1, -0.05) is 0 Å². The van der Waals surface area contributed by atoms with Gasteiger partial charge in [-0.05, 0) is 0 Å². The molecule has 0 radical (unpaired) electrons. The summed E-state index contributed by atoms with van der Waals surface area (Å²) in [5.74, 6) is -0.178. The van der Waals surface area contributed by atoms with Crippen molar-refractivity contribution in [3.8, 4) is 0 Å². The Labute approximate surface area is 83.6 Å². The first-order valence-electron chi connectivity index (χ1n) is 4.75. The molecule has 0 N–H and O–H groups in total. The standard InChI is InChI=1S/C9H16N2O3/c1-14-9(13)2-3-10-4-6-11(8-12)7-5-10/h8H,2-7H2,1H3. The Balaban J connectivity index is 2.16. The van der Waals surface area contributed by atoms with Crippen LogP contribution in [0, 0.1) is 0 Å². The summed E-state index contributed by atoms with van der Waals surface area (Å²) in [4.78, 5) is 25.2. The third-order valence-corrected chi connectivity index (χ3v) is 2.42. The Morgan fingerprint density at radius 2 is 2.00 bits per heavy atom.